The average Bonchev–Trinajstić information content (AvgIpc) is 2.96. The van der Waals surface area contributed by atoms with Crippen molar-refractivity contribution in [1.82, 2.24) is 4.90 Å². The van der Waals surface area contributed by atoms with Crippen LogP contribution in [0.15, 0.2) is 24.3 Å². The van der Waals surface area contributed by atoms with Crippen molar-refractivity contribution >= 4 is 35.2 Å². The Hall–Kier alpha value is -3.03. The molecule has 29 heavy (non-hydrogen) atoms. The molecule has 0 spiro atoms. The molecule has 3 atom stereocenters. The van der Waals surface area contributed by atoms with Gasteiger partial charge in [0.05, 0.1) is 17.5 Å². The highest BCUT2D eigenvalue weighted by Crippen LogP contribution is 2.38. The first-order valence-corrected chi connectivity index (χ1v) is 9.74. The molecule has 1 aromatic carbocycles. The maximum Gasteiger partial charge on any atom is 0.329 e. The Kier molecular flexibility index (Phi) is 6.10. The Morgan fingerprint density at radius 1 is 1.10 bits per heavy atom. The van der Waals surface area contributed by atoms with Gasteiger partial charge in [-0.1, -0.05) is 25.0 Å². The first-order chi connectivity index (χ1) is 13.8. The predicted molar refractivity (Wildman–Crippen MR) is 103 cm³/mol. The molecule has 8 heteroatoms. The molecular weight excluding hydrogens is 376 g/mol. The number of carbonyl (C=O) groups is 5. The van der Waals surface area contributed by atoms with Crippen molar-refractivity contribution in [2.45, 2.75) is 45.6 Å². The Morgan fingerprint density at radius 3 is 2.28 bits per heavy atom. The maximum atomic E-state index is 12.6. The number of para-hydroxylation sites is 1. The molecule has 154 valence electrons. The number of benzene rings is 1. The van der Waals surface area contributed by atoms with Gasteiger partial charge in [-0.05, 0) is 38.8 Å². The number of ether oxygens (including phenoxy) is 1. The lowest BCUT2D eigenvalue weighted by molar-refractivity contribution is -0.159. The van der Waals surface area contributed by atoms with Crippen molar-refractivity contribution in [3.05, 3.63) is 29.8 Å². The lowest BCUT2D eigenvalue weighted by Crippen LogP contribution is -2.45. The smallest absolute Gasteiger partial charge is 0.329 e. The third kappa shape index (κ3) is 4.21. The number of anilines is 1. The molecule has 2 fully saturated rings. The molecule has 0 unspecified atom stereocenters. The highest BCUT2D eigenvalue weighted by atomic mass is 16.5. The fraction of sp³-hybridized carbons (Fsp3) is 0.476. The number of rotatable bonds is 6. The van der Waals surface area contributed by atoms with Crippen LogP contribution in [-0.4, -0.2) is 47.0 Å². The van der Waals surface area contributed by atoms with E-state index in [4.69, 9.17) is 4.74 Å². The number of nitrogens with zero attached hydrogens (tertiary/aromatic N) is 1. The molecule has 3 amide bonds. The lowest BCUT2D eigenvalue weighted by atomic mass is 9.81. The van der Waals surface area contributed by atoms with Crippen LogP contribution in [0.2, 0.25) is 0 Å². The summed E-state index contributed by atoms with van der Waals surface area (Å²) >= 11 is 0. The molecule has 1 N–H and O–H groups in total. The van der Waals surface area contributed by atoms with Crippen LogP contribution >= 0.6 is 0 Å². The van der Waals surface area contributed by atoms with Gasteiger partial charge in [0.15, 0.2) is 12.4 Å². The number of carbonyl (C=O) groups excluding carboxylic acids is 5. The van der Waals surface area contributed by atoms with Gasteiger partial charge >= 0.3 is 5.97 Å². The van der Waals surface area contributed by atoms with Crippen LogP contribution in [0.5, 0.6) is 0 Å². The van der Waals surface area contributed by atoms with E-state index in [9.17, 15) is 24.0 Å². The second kappa shape index (κ2) is 8.55. The van der Waals surface area contributed by atoms with Gasteiger partial charge in [0.25, 0.3) is 5.91 Å². The third-order valence-electron chi connectivity index (χ3n) is 5.53. The molecule has 3 rings (SSSR count). The van der Waals surface area contributed by atoms with E-state index >= 15 is 0 Å². The number of ketones is 1. The topological polar surface area (TPSA) is 110 Å². The van der Waals surface area contributed by atoms with Gasteiger partial charge < -0.3 is 10.1 Å². The Bertz CT molecular complexity index is 840. The van der Waals surface area contributed by atoms with Gasteiger partial charge in [0, 0.05) is 5.56 Å². The summed E-state index contributed by atoms with van der Waals surface area (Å²) in [6, 6.07) is 5.41. The van der Waals surface area contributed by atoms with E-state index in [0.29, 0.717) is 24.1 Å². The highest BCUT2D eigenvalue weighted by Gasteiger charge is 2.51. The molecule has 1 aliphatic carbocycles. The molecule has 1 saturated heterocycles. The number of esters is 1. The van der Waals surface area contributed by atoms with E-state index in [2.05, 4.69) is 5.32 Å². The van der Waals surface area contributed by atoms with E-state index in [1.165, 1.54) is 13.8 Å². The molecule has 1 heterocycles. The van der Waals surface area contributed by atoms with E-state index in [1.54, 1.807) is 24.3 Å². The summed E-state index contributed by atoms with van der Waals surface area (Å²) in [5.74, 6) is -3.00. The summed E-state index contributed by atoms with van der Waals surface area (Å²) in [5.41, 5.74) is 0.666. The average molecular weight is 400 g/mol. The lowest BCUT2D eigenvalue weighted by Gasteiger charge is -2.21. The minimum Gasteiger partial charge on any atom is -0.454 e. The van der Waals surface area contributed by atoms with Crippen LogP contribution < -0.4 is 5.32 Å². The van der Waals surface area contributed by atoms with Crippen LogP contribution in [0.25, 0.3) is 0 Å². The summed E-state index contributed by atoms with van der Waals surface area (Å²) in [4.78, 5) is 62.2. The van der Waals surface area contributed by atoms with Crippen molar-refractivity contribution < 1.29 is 28.7 Å². The van der Waals surface area contributed by atoms with E-state index < -0.39 is 24.5 Å². The predicted octanol–water partition coefficient (Wildman–Crippen LogP) is 1.93. The van der Waals surface area contributed by atoms with Gasteiger partial charge in [0.1, 0.15) is 6.04 Å². The zero-order valence-corrected chi connectivity index (χ0v) is 16.5. The minimum atomic E-state index is -1.09. The van der Waals surface area contributed by atoms with Crippen molar-refractivity contribution in [1.29, 1.82) is 0 Å². The number of Topliss-reactive ketones (excluding diaryl/α,β-unsaturated/α-hetero) is 1. The van der Waals surface area contributed by atoms with Gasteiger partial charge in [-0.3, -0.25) is 24.1 Å². The van der Waals surface area contributed by atoms with Gasteiger partial charge in [0.2, 0.25) is 11.8 Å². The molecule has 0 aromatic heterocycles. The normalized spacial score (nSPS) is 22.1. The van der Waals surface area contributed by atoms with Gasteiger partial charge in [-0.15, -0.1) is 0 Å². The quantitative estimate of drug-likeness (QED) is 0.444. The van der Waals surface area contributed by atoms with Crippen molar-refractivity contribution in [2.75, 3.05) is 11.9 Å². The SMILES string of the molecule is CC(=O)c1ccccc1NC(=O)COC(=O)[C@H](C)N1C(=O)[C@H]2CCCC[C@H]2C1=O. The summed E-state index contributed by atoms with van der Waals surface area (Å²) in [7, 11) is 0. The standard InChI is InChI=1S/C21H24N2O6/c1-12(23-19(26)15-8-3-4-9-16(15)20(23)27)21(28)29-11-18(25)22-17-10-6-5-7-14(17)13(2)24/h5-7,10,12,15-16H,3-4,8-9,11H2,1-2H3,(H,22,25)/t12-,15-,16+/m0/s1. The summed E-state index contributed by atoms with van der Waals surface area (Å²) in [5, 5.41) is 2.53. The first kappa shape index (κ1) is 20.7. The number of hydrogen-bond acceptors (Lipinski definition) is 6. The van der Waals surface area contributed by atoms with E-state index in [-0.39, 0.29) is 29.4 Å². The number of hydrogen-bond donors (Lipinski definition) is 1. The Morgan fingerprint density at radius 2 is 1.69 bits per heavy atom. The minimum absolute atomic E-state index is 0.209. The van der Waals surface area contributed by atoms with Crippen LogP contribution in [0.4, 0.5) is 5.69 Å². The van der Waals surface area contributed by atoms with Crippen molar-refractivity contribution in [2.24, 2.45) is 11.8 Å². The van der Waals surface area contributed by atoms with E-state index in [0.717, 1.165) is 17.7 Å². The van der Waals surface area contributed by atoms with Crippen molar-refractivity contribution in [3.63, 3.8) is 0 Å². The fourth-order valence-corrected chi connectivity index (χ4v) is 4.02. The van der Waals surface area contributed by atoms with Gasteiger partial charge in [-0.2, -0.15) is 0 Å². The highest BCUT2D eigenvalue weighted by molar-refractivity contribution is 6.08. The zero-order chi connectivity index (χ0) is 21.1. The fourth-order valence-electron chi connectivity index (χ4n) is 4.02. The third-order valence-corrected chi connectivity index (χ3v) is 5.53. The number of fused-ring (bicyclic) bond motifs is 1. The summed E-state index contributed by atoms with van der Waals surface area (Å²) < 4.78 is 5.02. The monoisotopic (exact) mass is 400 g/mol. The number of imide groups is 1. The number of amides is 3. The van der Waals surface area contributed by atoms with Crippen LogP contribution in [0, 0.1) is 11.8 Å². The maximum absolute atomic E-state index is 12.6. The summed E-state index contributed by atoms with van der Waals surface area (Å²) in [6.07, 6.45) is 3.11. The molecular formula is C21H24N2O6. The molecule has 1 saturated carbocycles. The Labute approximate surface area is 168 Å². The second-order valence-electron chi connectivity index (χ2n) is 7.48. The van der Waals surface area contributed by atoms with Crippen molar-refractivity contribution in [3.8, 4) is 0 Å². The molecule has 2 aliphatic rings. The van der Waals surface area contributed by atoms with E-state index in [1.807, 2.05) is 0 Å². The largest absolute Gasteiger partial charge is 0.454 e. The molecule has 0 radical (unpaired) electrons. The first-order valence-electron chi connectivity index (χ1n) is 9.74. The molecule has 8 nitrogen and oxygen atoms in total. The Balaban J connectivity index is 1.58. The molecule has 1 aromatic rings. The molecule has 1 aliphatic heterocycles. The van der Waals surface area contributed by atoms with Gasteiger partial charge in [-0.25, -0.2) is 4.79 Å². The van der Waals surface area contributed by atoms with Crippen LogP contribution in [0.3, 0.4) is 0 Å². The van der Waals surface area contributed by atoms with Crippen LogP contribution in [0.1, 0.15) is 49.9 Å². The number of likely N-dealkylation sites (tertiary alicyclic amines) is 1. The number of nitrogens with one attached hydrogen (secondary N) is 1. The molecule has 0 bridgehead atoms. The summed E-state index contributed by atoms with van der Waals surface area (Å²) in [6.45, 7) is 2.23. The zero-order valence-electron chi connectivity index (χ0n) is 16.5. The second-order valence-corrected chi connectivity index (χ2v) is 7.48. The van der Waals surface area contributed by atoms with Crippen LogP contribution in [-0.2, 0) is 23.9 Å².